The SMILES string of the molecule is Cc1cc([C@@H](CCCCOc2ccc(-c3cnc4[nH]cc(C(=O)c5c(F)ccc(NS(=O)(=O)N6CC[C@@H](F)C6)c5F)c4c3)cc2)C(=O)C2CCC[C@H]2C(=O)N[C@@H](C)c2ccc(-c3scnc3C)cc2)on1. The third-order valence-electron chi connectivity index (χ3n) is 13.4. The summed E-state index contributed by atoms with van der Waals surface area (Å²) >= 11 is 1.59. The van der Waals surface area contributed by atoms with Crippen molar-refractivity contribution in [3.05, 3.63) is 136 Å². The molecule has 9 rings (SSSR count). The Kier molecular flexibility index (Phi) is 14.5. The highest BCUT2D eigenvalue weighted by Crippen LogP contribution is 2.39. The third-order valence-corrected chi connectivity index (χ3v) is 15.9. The molecule has 1 saturated heterocycles. The summed E-state index contributed by atoms with van der Waals surface area (Å²) < 4.78 is 84.9. The lowest BCUT2D eigenvalue weighted by molar-refractivity contribution is -0.134. The van der Waals surface area contributed by atoms with E-state index in [-0.39, 0.29) is 47.3 Å². The number of amides is 1. The van der Waals surface area contributed by atoms with Crippen molar-refractivity contribution in [1.29, 1.82) is 0 Å². The maximum absolute atomic E-state index is 15.8. The number of ether oxygens (including phenoxy) is 1. The van der Waals surface area contributed by atoms with Gasteiger partial charge in [-0.25, -0.2) is 23.1 Å². The number of hydrogen-bond donors (Lipinski definition) is 3. The molecule has 1 aliphatic carbocycles. The first-order valence-electron chi connectivity index (χ1n) is 23.6. The number of aromatic amines is 1. The molecule has 0 radical (unpaired) electrons. The highest BCUT2D eigenvalue weighted by molar-refractivity contribution is 7.90. The average molecular weight is 1010 g/mol. The number of carbonyl (C=O) groups excluding carboxylic acids is 3. The van der Waals surface area contributed by atoms with Gasteiger partial charge in [-0.15, -0.1) is 11.3 Å². The monoisotopic (exact) mass is 1010 g/mol. The number of rotatable bonds is 19. The highest BCUT2D eigenvalue weighted by Gasteiger charge is 2.42. The summed E-state index contributed by atoms with van der Waals surface area (Å²) in [5.41, 5.74) is 5.42. The fourth-order valence-corrected chi connectivity index (χ4v) is 11.6. The molecule has 2 aliphatic rings. The van der Waals surface area contributed by atoms with Crippen molar-refractivity contribution in [2.75, 3.05) is 24.4 Å². The number of halogens is 3. The van der Waals surface area contributed by atoms with E-state index < -0.39 is 69.3 Å². The van der Waals surface area contributed by atoms with Gasteiger partial charge in [0.25, 0.3) is 0 Å². The maximum atomic E-state index is 15.8. The Bertz CT molecular complexity index is 3200. The molecule has 71 heavy (non-hydrogen) atoms. The number of fused-ring (bicyclic) bond motifs is 1. The molecule has 5 heterocycles. The molecular weight excluding hydrogens is 956 g/mol. The molecule has 1 amide bonds. The molecule has 4 aromatic heterocycles. The Balaban J connectivity index is 0.802. The Morgan fingerprint density at radius 3 is 2.41 bits per heavy atom. The topological polar surface area (TPSA) is 189 Å². The van der Waals surface area contributed by atoms with Gasteiger partial charge in [0, 0.05) is 59.9 Å². The number of aryl methyl sites for hydroxylation is 2. The second-order valence-corrected chi connectivity index (χ2v) is 20.8. The molecular formula is C52H52F3N7O7S2. The lowest BCUT2D eigenvalue weighted by atomic mass is 9.81. The number of H-pyrrole nitrogens is 1. The van der Waals surface area contributed by atoms with Crippen molar-refractivity contribution in [2.24, 2.45) is 11.8 Å². The van der Waals surface area contributed by atoms with Crippen molar-refractivity contribution in [2.45, 2.75) is 83.8 Å². The van der Waals surface area contributed by atoms with E-state index in [1.165, 1.54) is 6.20 Å². The lowest BCUT2D eigenvalue weighted by Gasteiger charge is -2.24. The normalized spacial score (nSPS) is 18.1. The average Bonchev–Trinajstić information content (AvgIpc) is 4.23. The number of carbonyl (C=O) groups is 3. The summed E-state index contributed by atoms with van der Waals surface area (Å²) in [4.78, 5) is 54.6. The minimum Gasteiger partial charge on any atom is -0.494 e. The van der Waals surface area contributed by atoms with Crippen LogP contribution in [0, 0.1) is 37.3 Å². The van der Waals surface area contributed by atoms with Crippen molar-refractivity contribution in [1.82, 2.24) is 29.7 Å². The van der Waals surface area contributed by atoms with Gasteiger partial charge in [0.05, 0.1) is 51.6 Å². The molecule has 1 unspecified atom stereocenters. The molecule has 5 atom stereocenters. The van der Waals surface area contributed by atoms with Gasteiger partial charge in [-0.2, -0.15) is 12.7 Å². The lowest BCUT2D eigenvalue weighted by Crippen LogP contribution is -2.38. The van der Waals surface area contributed by atoms with E-state index in [0.717, 1.165) is 44.6 Å². The Labute approximate surface area is 412 Å². The summed E-state index contributed by atoms with van der Waals surface area (Å²) in [5, 5.41) is 7.53. The Hall–Kier alpha value is -6.70. The molecule has 0 spiro atoms. The third kappa shape index (κ3) is 10.7. The second-order valence-electron chi connectivity index (χ2n) is 18.2. The molecule has 1 saturated carbocycles. The molecule has 19 heteroatoms. The zero-order valence-electron chi connectivity index (χ0n) is 39.2. The van der Waals surface area contributed by atoms with E-state index >= 15 is 8.78 Å². The smallest absolute Gasteiger partial charge is 0.301 e. The van der Waals surface area contributed by atoms with Crippen molar-refractivity contribution < 1.29 is 45.2 Å². The second kappa shape index (κ2) is 20.9. The first-order chi connectivity index (χ1) is 34.1. The van der Waals surface area contributed by atoms with Crippen LogP contribution in [0.25, 0.3) is 32.6 Å². The molecule has 7 aromatic rings. The van der Waals surface area contributed by atoms with Crippen LogP contribution >= 0.6 is 11.3 Å². The van der Waals surface area contributed by atoms with Crippen molar-refractivity contribution >= 4 is 55.7 Å². The van der Waals surface area contributed by atoms with Gasteiger partial charge >= 0.3 is 10.2 Å². The van der Waals surface area contributed by atoms with Crippen LogP contribution in [0.15, 0.2) is 95.2 Å². The minimum absolute atomic E-state index is 0.0105. The number of nitrogens with one attached hydrogen (secondary N) is 3. The number of anilines is 1. The number of benzene rings is 3. The fourth-order valence-electron chi connectivity index (χ4n) is 9.57. The predicted octanol–water partition coefficient (Wildman–Crippen LogP) is 10.4. The van der Waals surface area contributed by atoms with E-state index in [2.05, 4.69) is 25.4 Å². The van der Waals surface area contributed by atoms with Crippen LogP contribution in [-0.2, 0) is 19.8 Å². The van der Waals surface area contributed by atoms with Gasteiger partial charge in [0.1, 0.15) is 34.9 Å². The van der Waals surface area contributed by atoms with Crippen LogP contribution in [0.3, 0.4) is 0 Å². The quantitative estimate of drug-likeness (QED) is 0.0519. The molecule has 0 bridgehead atoms. The van der Waals surface area contributed by atoms with Crippen LogP contribution in [0.4, 0.5) is 18.9 Å². The largest absolute Gasteiger partial charge is 0.494 e. The van der Waals surface area contributed by atoms with E-state index in [1.54, 1.807) is 41.8 Å². The number of aromatic nitrogens is 4. The number of pyridine rings is 1. The summed E-state index contributed by atoms with van der Waals surface area (Å²) in [7, 11) is -4.38. The van der Waals surface area contributed by atoms with Gasteiger partial charge < -0.3 is 19.6 Å². The predicted molar refractivity (Wildman–Crippen MR) is 263 cm³/mol. The van der Waals surface area contributed by atoms with Crippen LogP contribution in [0.2, 0.25) is 0 Å². The van der Waals surface area contributed by atoms with E-state index in [4.69, 9.17) is 9.26 Å². The number of alkyl halides is 1. The molecule has 1 aliphatic heterocycles. The summed E-state index contributed by atoms with van der Waals surface area (Å²) in [6.07, 6.45) is 5.28. The summed E-state index contributed by atoms with van der Waals surface area (Å²) in [5.74, 6) is -4.15. The van der Waals surface area contributed by atoms with E-state index in [0.29, 0.717) is 67.0 Å². The number of thiazole rings is 1. The van der Waals surface area contributed by atoms with Crippen LogP contribution in [0.5, 0.6) is 5.75 Å². The highest BCUT2D eigenvalue weighted by atomic mass is 32.2. The van der Waals surface area contributed by atoms with E-state index in [1.807, 2.05) is 67.4 Å². The molecule has 3 N–H and O–H groups in total. The number of ketones is 2. The minimum atomic E-state index is -4.38. The standard InChI is InChI=1S/C52H52F3N7O7S2/c1-29-23-45(69-60-29)40(48(63)38-8-6-9-39(38)52(65)59-30(2)32-10-12-34(13-11-32)50-31(3)58-28-70-50)7-4-5-22-68-37-16-14-33(15-17-37)35-24-41-42(26-57-51(41)56-25-35)49(64)46-43(54)18-19-44(47(46)55)61-71(66,67)62-21-20-36(53)27-62/h10-19,23-26,28,30,36,38-40,61H,4-9,20-22,27H2,1-3H3,(H,56,57)(H,59,65)/t30-,36+,38?,39+,40+/m0/s1. The Morgan fingerprint density at radius 2 is 1.70 bits per heavy atom. The van der Waals surface area contributed by atoms with Gasteiger partial charge in [-0.1, -0.05) is 48.0 Å². The zero-order chi connectivity index (χ0) is 50.0. The Morgan fingerprint density at radius 1 is 0.944 bits per heavy atom. The number of Topliss-reactive ketones (excluding diaryl/α,β-unsaturated/α-hetero) is 1. The van der Waals surface area contributed by atoms with Crippen molar-refractivity contribution in [3.63, 3.8) is 0 Å². The zero-order valence-corrected chi connectivity index (χ0v) is 40.8. The van der Waals surface area contributed by atoms with Crippen LogP contribution in [0.1, 0.15) is 102 Å². The first-order valence-corrected chi connectivity index (χ1v) is 25.9. The fraction of sp³-hybridized carbons (Fsp3) is 0.346. The van der Waals surface area contributed by atoms with Crippen LogP contribution < -0.4 is 14.8 Å². The first kappa shape index (κ1) is 49.3. The molecule has 2 fully saturated rings. The van der Waals surface area contributed by atoms with Crippen molar-refractivity contribution in [3.8, 4) is 27.3 Å². The van der Waals surface area contributed by atoms with Gasteiger partial charge in [-0.3, -0.25) is 19.1 Å². The number of hydrogen-bond acceptors (Lipinski definition) is 11. The summed E-state index contributed by atoms with van der Waals surface area (Å²) in [6, 6.07) is 20.2. The maximum Gasteiger partial charge on any atom is 0.301 e. The molecule has 370 valence electrons. The van der Waals surface area contributed by atoms with E-state index in [9.17, 15) is 27.2 Å². The number of nitrogens with zero attached hydrogens (tertiary/aromatic N) is 4. The van der Waals surface area contributed by atoms with Gasteiger partial charge in [0.2, 0.25) is 11.7 Å². The molecule has 14 nitrogen and oxygen atoms in total. The number of unbranched alkanes of at least 4 members (excludes halogenated alkanes) is 1. The van der Waals surface area contributed by atoms with Gasteiger partial charge in [0.15, 0.2) is 5.82 Å². The summed E-state index contributed by atoms with van der Waals surface area (Å²) in [6.45, 7) is 5.60. The van der Waals surface area contributed by atoms with Crippen LogP contribution in [-0.4, -0.2) is 76.2 Å². The van der Waals surface area contributed by atoms with Gasteiger partial charge in [-0.05, 0) is 106 Å². The molecule has 3 aromatic carbocycles.